The SMILES string of the molecule is CO[C@@H](Cc1ccccc1)[C@@H](C)/C=C(C)/C=C/[C@@H]1NC(=O)[C@H](CCCN=C(N)N)NC(=O)[C@@H](C)[C@H](C(=O)O)NC(=O)[C@H](CC(C)C)NC(=O)[C@@H](CC(C)C)NC(=O)[C@H](CO)N(C)C(=O)CC[C@H](C(=O)O)NC(=O)[C@H]1C. The van der Waals surface area contributed by atoms with Crippen LogP contribution in [0.1, 0.15) is 99.5 Å². The Labute approximate surface area is 439 Å². The average Bonchev–Trinajstić information content (AvgIpc) is 3.34. The lowest BCUT2D eigenvalue weighted by Gasteiger charge is -2.30. The summed E-state index contributed by atoms with van der Waals surface area (Å²) < 4.78 is 5.82. The maximum absolute atomic E-state index is 14.5. The van der Waals surface area contributed by atoms with Crippen LogP contribution in [0.25, 0.3) is 0 Å². The highest BCUT2D eigenvalue weighted by Crippen LogP contribution is 2.19. The number of aliphatic hydroxyl groups is 1. The summed E-state index contributed by atoms with van der Waals surface area (Å²) >= 11 is 0. The number of ether oxygens (including phenoxy) is 1. The number of carboxylic acid groups (broad SMARTS) is 2. The molecule has 0 aliphatic carbocycles. The van der Waals surface area contributed by atoms with Crippen molar-refractivity contribution in [3.05, 3.63) is 59.7 Å². The molecule has 1 aromatic rings. The van der Waals surface area contributed by atoms with Gasteiger partial charge in [0.2, 0.25) is 41.4 Å². The molecular formula is C52H82N10O13. The number of aliphatic carboxylic acids is 2. The molecule has 418 valence electrons. The summed E-state index contributed by atoms with van der Waals surface area (Å²) in [5.74, 6) is -13.0. The Morgan fingerprint density at radius 2 is 1.32 bits per heavy atom. The van der Waals surface area contributed by atoms with Crippen molar-refractivity contribution in [1.29, 1.82) is 0 Å². The monoisotopic (exact) mass is 1050 g/mol. The van der Waals surface area contributed by atoms with Crippen LogP contribution in [-0.2, 0) is 54.3 Å². The zero-order valence-corrected chi connectivity index (χ0v) is 45.0. The molecule has 1 aliphatic rings. The molecule has 0 unspecified atom stereocenters. The molecule has 75 heavy (non-hydrogen) atoms. The van der Waals surface area contributed by atoms with E-state index in [1.54, 1.807) is 47.8 Å². The van der Waals surface area contributed by atoms with E-state index in [0.717, 1.165) is 10.5 Å². The maximum Gasteiger partial charge on any atom is 0.327 e. The van der Waals surface area contributed by atoms with Crippen molar-refractivity contribution in [2.75, 3.05) is 27.3 Å². The molecule has 1 saturated heterocycles. The zero-order chi connectivity index (χ0) is 56.7. The van der Waals surface area contributed by atoms with E-state index in [0.29, 0.717) is 12.0 Å². The molecule has 13 N–H and O–H groups in total. The second kappa shape index (κ2) is 31.8. The molecule has 7 amide bonds. The van der Waals surface area contributed by atoms with E-state index in [1.807, 2.05) is 43.3 Å². The number of guanidine groups is 1. The highest BCUT2D eigenvalue weighted by molar-refractivity contribution is 5.97. The van der Waals surface area contributed by atoms with Gasteiger partial charge in [0.25, 0.3) is 0 Å². The molecule has 1 fully saturated rings. The van der Waals surface area contributed by atoms with Crippen LogP contribution in [0.5, 0.6) is 0 Å². The number of allylic oxidation sites excluding steroid dienone is 2. The number of carbonyl (C=O) groups is 9. The van der Waals surface area contributed by atoms with Gasteiger partial charge >= 0.3 is 11.9 Å². The van der Waals surface area contributed by atoms with E-state index in [-0.39, 0.29) is 62.0 Å². The van der Waals surface area contributed by atoms with Crippen LogP contribution < -0.4 is 43.4 Å². The lowest BCUT2D eigenvalue weighted by molar-refractivity contribution is -0.146. The molecule has 0 bridgehead atoms. The van der Waals surface area contributed by atoms with Gasteiger partial charge < -0.3 is 68.3 Å². The Bertz CT molecular complexity index is 2200. The molecule has 1 aromatic carbocycles. The van der Waals surface area contributed by atoms with E-state index in [4.69, 9.17) is 16.2 Å². The van der Waals surface area contributed by atoms with Crippen molar-refractivity contribution in [3.63, 3.8) is 0 Å². The van der Waals surface area contributed by atoms with Crippen molar-refractivity contribution in [3.8, 4) is 0 Å². The number of methoxy groups -OCH3 is 1. The number of aliphatic imine (C=N–C) groups is 1. The Hall–Kier alpha value is -6.88. The normalized spacial score (nSPS) is 25.7. The van der Waals surface area contributed by atoms with Gasteiger partial charge in [-0.25, -0.2) is 9.59 Å². The van der Waals surface area contributed by atoms with E-state index >= 15 is 0 Å². The maximum atomic E-state index is 14.5. The predicted octanol–water partition coefficient (Wildman–Crippen LogP) is 0.492. The molecule has 0 saturated carbocycles. The Balaban J connectivity index is 2.80. The first-order valence-electron chi connectivity index (χ1n) is 25.3. The fourth-order valence-corrected chi connectivity index (χ4v) is 8.32. The minimum Gasteiger partial charge on any atom is -0.480 e. The number of aliphatic hydroxyl groups excluding tert-OH is 1. The number of nitrogens with zero attached hydrogens (tertiary/aromatic N) is 2. The third-order valence-corrected chi connectivity index (χ3v) is 12.9. The van der Waals surface area contributed by atoms with Gasteiger partial charge in [0, 0.05) is 33.0 Å². The summed E-state index contributed by atoms with van der Waals surface area (Å²) in [6.07, 6.45) is 4.51. The third-order valence-electron chi connectivity index (χ3n) is 12.9. The molecular weight excluding hydrogens is 973 g/mol. The van der Waals surface area contributed by atoms with Gasteiger partial charge in [-0.1, -0.05) is 103 Å². The van der Waals surface area contributed by atoms with Crippen LogP contribution in [0.15, 0.2) is 59.1 Å². The lowest BCUT2D eigenvalue weighted by Crippen LogP contribution is -2.60. The fraction of sp³-hybridized carbons (Fsp3) is 0.615. The van der Waals surface area contributed by atoms with Crippen LogP contribution in [0.4, 0.5) is 0 Å². The fourth-order valence-electron chi connectivity index (χ4n) is 8.32. The van der Waals surface area contributed by atoms with Crippen molar-refractivity contribution in [2.24, 2.45) is 46.0 Å². The number of hydrogen-bond acceptors (Lipinski definition) is 12. The van der Waals surface area contributed by atoms with Crippen molar-refractivity contribution in [2.45, 2.75) is 149 Å². The first kappa shape index (κ1) is 64.2. The van der Waals surface area contributed by atoms with Gasteiger partial charge in [-0.05, 0) is 62.8 Å². The first-order chi connectivity index (χ1) is 35.2. The number of carboxylic acids is 2. The van der Waals surface area contributed by atoms with Crippen LogP contribution in [0.2, 0.25) is 0 Å². The molecule has 0 spiro atoms. The van der Waals surface area contributed by atoms with Crippen molar-refractivity contribution >= 4 is 59.2 Å². The van der Waals surface area contributed by atoms with Crippen LogP contribution in [0.3, 0.4) is 0 Å². The summed E-state index contributed by atoms with van der Waals surface area (Å²) in [7, 11) is 2.81. The Kier molecular flexibility index (Phi) is 27.2. The van der Waals surface area contributed by atoms with Gasteiger partial charge in [-0.3, -0.25) is 38.6 Å². The molecule has 2 rings (SSSR count). The van der Waals surface area contributed by atoms with Gasteiger partial charge in [0.15, 0.2) is 5.96 Å². The lowest BCUT2D eigenvalue weighted by atomic mass is 9.94. The summed E-state index contributed by atoms with van der Waals surface area (Å²) in [4.78, 5) is 128. The van der Waals surface area contributed by atoms with Crippen LogP contribution in [-0.4, -0.2) is 155 Å². The number of likely N-dealkylation sites (N-methyl/N-ethyl adjacent to an activating group) is 1. The number of nitrogens with two attached hydrogens (primary N) is 2. The van der Waals surface area contributed by atoms with E-state index in [9.17, 15) is 58.5 Å². The summed E-state index contributed by atoms with van der Waals surface area (Å²) in [6.45, 7) is 12.5. The van der Waals surface area contributed by atoms with Crippen molar-refractivity contribution < 1.29 is 63.2 Å². The molecule has 0 aromatic heterocycles. The minimum absolute atomic E-state index is 0.0135. The number of amides is 7. The highest BCUT2D eigenvalue weighted by atomic mass is 16.5. The zero-order valence-electron chi connectivity index (χ0n) is 45.0. The Morgan fingerprint density at radius 1 is 0.773 bits per heavy atom. The number of benzene rings is 1. The number of carbonyl (C=O) groups excluding carboxylic acids is 7. The topological polar surface area (TPSA) is 363 Å². The van der Waals surface area contributed by atoms with E-state index in [1.165, 1.54) is 27.0 Å². The molecule has 1 aliphatic heterocycles. The summed E-state index contributed by atoms with van der Waals surface area (Å²) in [5, 5.41) is 46.4. The number of rotatable bonds is 18. The smallest absolute Gasteiger partial charge is 0.327 e. The molecule has 11 atom stereocenters. The van der Waals surface area contributed by atoms with Gasteiger partial charge in [0.05, 0.1) is 30.6 Å². The highest BCUT2D eigenvalue weighted by Gasteiger charge is 2.38. The van der Waals surface area contributed by atoms with E-state index in [2.05, 4.69) is 36.9 Å². The first-order valence-corrected chi connectivity index (χ1v) is 25.3. The molecule has 0 radical (unpaired) electrons. The Morgan fingerprint density at radius 3 is 1.85 bits per heavy atom. The summed E-state index contributed by atoms with van der Waals surface area (Å²) in [5.41, 5.74) is 12.8. The second-order valence-corrected chi connectivity index (χ2v) is 20.1. The van der Waals surface area contributed by atoms with Gasteiger partial charge in [-0.2, -0.15) is 0 Å². The quantitative estimate of drug-likeness (QED) is 0.0413. The summed E-state index contributed by atoms with van der Waals surface area (Å²) in [6, 6.07) is -0.715. The van der Waals surface area contributed by atoms with Gasteiger partial charge in [0.1, 0.15) is 36.3 Å². The van der Waals surface area contributed by atoms with Crippen LogP contribution >= 0.6 is 0 Å². The predicted molar refractivity (Wildman–Crippen MR) is 280 cm³/mol. The standard InChI is InChI=1S/C52H82N10O13/c1-28(2)23-38-47(68)59-39(24-29(3)4)48(69)61-43(51(73)74)33(8)45(66)57-36(17-14-22-55-52(53)54)46(67)56-35(19-18-30(5)25-31(6)41(75-10)26-34-15-12-11-13-16-34)32(7)44(65)58-37(50(71)72)20-21-42(64)62(9)40(27-63)49(70)60-38/h11-13,15-16,18-19,25,28-29,31-33,35-41,43,63H,14,17,20-24,26-27H2,1-10H3,(H,56,67)(H,57,66)(H,58,65)(H,59,68)(H,60,70)(H,61,69)(H,71,72)(H,73,74)(H4,53,54,55)/b19-18+,30-25+/t31-,32-,33-,35-,36-,37+,38+,39-,40-,41-,43+/m0/s1. The molecule has 23 heteroatoms. The largest absolute Gasteiger partial charge is 0.480 e. The van der Waals surface area contributed by atoms with Crippen molar-refractivity contribution in [1.82, 2.24) is 36.8 Å². The second-order valence-electron chi connectivity index (χ2n) is 20.1. The van der Waals surface area contributed by atoms with E-state index < -0.39 is 127 Å². The number of hydrogen-bond donors (Lipinski definition) is 11. The van der Waals surface area contributed by atoms with Crippen LogP contribution in [0, 0.1) is 29.6 Å². The third kappa shape index (κ3) is 21.9. The minimum atomic E-state index is -1.91. The number of nitrogens with one attached hydrogen (secondary N) is 6. The molecule has 1 heterocycles. The average molecular weight is 1060 g/mol. The van der Waals surface area contributed by atoms with Gasteiger partial charge in [-0.15, -0.1) is 0 Å². The molecule has 23 nitrogen and oxygen atoms in total.